The maximum Gasteiger partial charge on any atom is 0.105 e. The van der Waals surface area contributed by atoms with E-state index in [9.17, 15) is 0 Å². The van der Waals surface area contributed by atoms with E-state index >= 15 is 0 Å². The molecule has 3 heteroatoms. The lowest BCUT2D eigenvalue weighted by atomic mass is 9.84. The van der Waals surface area contributed by atoms with Crippen LogP contribution in [-0.4, -0.2) is 22.6 Å². The molecule has 38 heavy (non-hydrogen) atoms. The molecule has 1 saturated heterocycles. The SMILES string of the molecule is CCCCC[C@H]1C2=NC3=CC=CCC3=C2CCN1SC(c1ccccc1)(c1ccccc1)c1ccccc1. The molecule has 0 spiro atoms. The van der Waals surface area contributed by atoms with Gasteiger partial charge < -0.3 is 0 Å². The number of rotatable bonds is 9. The quantitative estimate of drug-likeness (QED) is 0.160. The summed E-state index contributed by atoms with van der Waals surface area (Å²) in [7, 11) is 0. The number of nitrogens with zero attached hydrogens (tertiary/aromatic N) is 2. The van der Waals surface area contributed by atoms with Crippen molar-refractivity contribution in [2.45, 2.75) is 56.2 Å². The molecular formula is C35H36N2S. The van der Waals surface area contributed by atoms with Gasteiger partial charge in [-0.05, 0) is 53.2 Å². The Morgan fingerprint density at radius 2 is 1.42 bits per heavy atom. The van der Waals surface area contributed by atoms with Crippen molar-refractivity contribution in [3.05, 3.63) is 143 Å². The highest BCUT2D eigenvalue weighted by molar-refractivity contribution is 7.98. The lowest BCUT2D eigenvalue weighted by Gasteiger charge is -2.44. The van der Waals surface area contributed by atoms with E-state index in [2.05, 4.69) is 120 Å². The number of hydrogen-bond acceptors (Lipinski definition) is 3. The summed E-state index contributed by atoms with van der Waals surface area (Å²) in [5, 5.41) is 0. The molecule has 1 atom stereocenters. The molecule has 0 bridgehead atoms. The fourth-order valence-corrected chi connectivity index (χ4v) is 7.77. The minimum Gasteiger partial charge on any atom is -0.251 e. The van der Waals surface area contributed by atoms with Crippen molar-refractivity contribution in [3.63, 3.8) is 0 Å². The van der Waals surface area contributed by atoms with E-state index in [0.717, 1.165) is 25.8 Å². The molecule has 2 aliphatic heterocycles. The Hall–Kier alpha value is -3.14. The predicted molar refractivity (Wildman–Crippen MR) is 162 cm³/mol. The number of hydrogen-bond donors (Lipinski definition) is 0. The van der Waals surface area contributed by atoms with E-state index in [1.54, 1.807) is 0 Å². The van der Waals surface area contributed by atoms with Crippen molar-refractivity contribution >= 4 is 17.7 Å². The Balaban J connectivity index is 1.47. The average molecular weight is 517 g/mol. The first kappa shape index (κ1) is 25.2. The Morgan fingerprint density at radius 3 is 2.00 bits per heavy atom. The Morgan fingerprint density at radius 1 is 0.816 bits per heavy atom. The topological polar surface area (TPSA) is 15.6 Å². The van der Waals surface area contributed by atoms with Crippen LogP contribution >= 0.6 is 11.9 Å². The summed E-state index contributed by atoms with van der Waals surface area (Å²) in [6.07, 6.45) is 13.6. The molecule has 2 heterocycles. The number of benzene rings is 3. The molecule has 1 fully saturated rings. The molecule has 3 aromatic rings. The molecule has 0 radical (unpaired) electrons. The molecule has 192 valence electrons. The minimum absolute atomic E-state index is 0.310. The zero-order valence-corrected chi connectivity index (χ0v) is 23.0. The van der Waals surface area contributed by atoms with Gasteiger partial charge in [0.1, 0.15) is 4.75 Å². The van der Waals surface area contributed by atoms with Crippen LogP contribution in [-0.2, 0) is 4.75 Å². The van der Waals surface area contributed by atoms with Crippen LogP contribution in [0.1, 0.15) is 62.1 Å². The number of allylic oxidation sites excluding steroid dienone is 4. The largest absolute Gasteiger partial charge is 0.251 e. The number of aliphatic imine (C=N–C) groups is 1. The fraction of sp³-hybridized carbons (Fsp3) is 0.286. The van der Waals surface area contributed by atoms with Gasteiger partial charge in [-0.25, -0.2) is 4.31 Å². The van der Waals surface area contributed by atoms with Gasteiger partial charge in [0.15, 0.2) is 0 Å². The minimum atomic E-state index is -0.357. The molecule has 1 aliphatic carbocycles. The number of fused-ring (bicyclic) bond motifs is 2. The number of unbranched alkanes of at least 4 members (excludes halogenated alkanes) is 2. The van der Waals surface area contributed by atoms with Gasteiger partial charge in [-0.2, -0.15) is 0 Å². The van der Waals surface area contributed by atoms with Crippen LogP contribution in [0.25, 0.3) is 0 Å². The van der Waals surface area contributed by atoms with Crippen LogP contribution in [0.15, 0.2) is 131 Å². The smallest absolute Gasteiger partial charge is 0.105 e. The third-order valence-corrected chi connectivity index (χ3v) is 9.71. The van der Waals surface area contributed by atoms with Crippen molar-refractivity contribution in [3.8, 4) is 0 Å². The van der Waals surface area contributed by atoms with Gasteiger partial charge in [-0.15, -0.1) is 0 Å². The molecule has 0 saturated carbocycles. The monoisotopic (exact) mass is 516 g/mol. The van der Waals surface area contributed by atoms with Crippen molar-refractivity contribution in [1.29, 1.82) is 0 Å². The summed E-state index contributed by atoms with van der Waals surface area (Å²) in [5.41, 5.74) is 9.45. The van der Waals surface area contributed by atoms with Gasteiger partial charge in [-0.3, -0.25) is 4.99 Å². The zero-order valence-electron chi connectivity index (χ0n) is 22.2. The lowest BCUT2D eigenvalue weighted by molar-refractivity contribution is 0.379. The van der Waals surface area contributed by atoms with Crippen LogP contribution in [0, 0.1) is 0 Å². The second-order valence-electron chi connectivity index (χ2n) is 10.4. The van der Waals surface area contributed by atoms with Crippen LogP contribution in [0.2, 0.25) is 0 Å². The van der Waals surface area contributed by atoms with E-state index in [0.29, 0.717) is 6.04 Å². The normalized spacial score (nSPS) is 19.1. The third kappa shape index (κ3) is 4.63. The predicted octanol–water partition coefficient (Wildman–Crippen LogP) is 8.88. The van der Waals surface area contributed by atoms with Gasteiger partial charge in [0.25, 0.3) is 0 Å². The first-order valence-corrected chi connectivity index (χ1v) is 14.9. The maximum atomic E-state index is 5.29. The van der Waals surface area contributed by atoms with E-state index < -0.39 is 0 Å². The van der Waals surface area contributed by atoms with Crippen LogP contribution in [0.4, 0.5) is 0 Å². The molecule has 0 aromatic heterocycles. The second-order valence-corrected chi connectivity index (χ2v) is 11.7. The Kier molecular flexibility index (Phi) is 7.49. The number of piperidine rings is 1. The van der Waals surface area contributed by atoms with Gasteiger partial charge in [-0.1, -0.05) is 141 Å². The summed E-state index contributed by atoms with van der Waals surface area (Å²) in [5.74, 6) is 0. The molecular weight excluding hydrogens is 480 g/mol. The van der Waals surface area contributed by atoms with Gasteiger partial charge in [0.05, 0.1) is 17.5 Å². The van der Waals surface area contributed by atoms with Gasteiger partial charge in [0, 0.05) is 6.54 Å². The second kappa shape index (κ2) is 11.3. The maximum absolute atomic E-state index is 5.29. The third-order valence-electron chi connectivity index (χ3n) is 8.06. The Labute approximate surface area is 232 Å². The van der Waals surface area contributed by atoms with Gasteiger partial charge in [0.2, 0.25) is 0 Å². The first-order valence-electron chi connectivity index (χ1n) is 14.1. The zero-order chi connectivity index (χ0) is 25.8. The van der Waals surface area contributed by atoms with Crippen molar-refractivity contribution < 1.29 is 0 Å². The average Bonchev–Trinajstić information content (AvgIpc) is 3.37. The lowest BCUT2D eigenvalue weighted by Crippen LogP contribution is -2.45. The van der Waals surface area contributed by atoms with Gasteiger partial charge >= 0.3 is 0 Å². The molecule has 0 unspecified atom stereocenters. The highest BCUT2D eigenvalue weighted by atomic mass is 32.2. The molecule has 6 rings (SSSR count). The highest BCUT2D eigenvalue weighted by Gasteiger charge is 2.44. The standard InChI is InChI=1S/C35H36N2S/c1-2-3-7-24-33-34-31(30-22-14-15-23-32(30)36-34)25-26-37(33)38-35(27-16-8-4-9-17-27,28-18-10-5-11-19-28)29-20-12-6-13-21-29/h4-6,8-21,23,33H,2-3,7,22,24-26H2,1H3/t33-/m0/s1. The molecule has 0 N–H and O–H groups in total. The summed E-state index contributed by atoms with van der Waals surface area (Å²) >= 11 is 2.02. The fourth-order valence-electron chi connectivity index (χ4n) is 6.18. The summed E-state index contributed by atoms with van der Waals surface area (Å²) in [4.78, 5) is 5.29. The van der Waals surface area contributed by atoms with E-state index in [1.165, 1.54) is 58.5 Å². The summed E-state index contributed by atoms with van der Waals surface area (Å²) in [6.45, 7) is 3.33. The van der Waals surface area contributed by atoms with Crippen LogP contribution < -0.4 is 0 Å². The Bertz CT molecular complexity index is 1270. The molecule has 2 nitrogen and oxygen atoms in total. The van der Waals surface area contributed by atoms with Crippen molar-refractivity contribution in [1.82, 2.24) is 4.31 Å². The van der Waals surface area contributed by atoms with E-state index in [4.69, 9.17) is 4.99 Å². The van der Waals surface area contributed by atoms with Crippen molar-refractivity contribution in [2.24, 2.45) is 4.99 Å². The van der Waals surface area contributed by atoms with Crippen LogP contribution in [0.5, 0.6) is 0 Å². The first-order chi connectivity index (χ1) is 18.8. The van der Waals surface area contributed by atoms with Crippen molar-refractivity contribution in [2.75, 3.05) is 6.54 Å². The van der Waals surface area contributed by atoms with Crippen LogP contribution in [0.3, 0.4) is 0 Å². The van der Waals surface area contributed by atoms with E-state index in [-0.39, 0.29) is 4.75 Å². The molecule has 3 aromatic carbocycles. The molecule has 3 aliphatic rings. The highest BCUT2D eigenvalue weighted by Crippen LogP contribution is 2.52. The summed E-state index contributed by atoms with van der Waals surface area (Å²) < 4.78 is 2.33. The summed E-state index contributed by atoms with van der Waals surface area (Å²) in [6, 6.07) is 33.6. The van der Waals surface area contributed by atoms with E-state index in [1.807, 2.05) is 11.9 Å². The molecule has 0 amide bonds.